The highest BCUT2D eigenvalue weighted by molar-refractivity contribution is 6.16. The van der Waals surface area contributed by atoms with Crippen molar-refractivity contribution in [1.82, 2.24) is 14.5 Å². The first-order valence-corrected chi connectivity index (χ1v) is 17.4. The summed E-state index contributed by atoms with van der Waals surface area (Å²) in [5.74, 6) is 1.32. The summed E-state index contributed by atoms with van der Waals surface area (Å²) in [5.41, 5.74) is 11.5. The minimum atomic E-state index is 0.614. The van der Waals surface area contributed by atoms with E-state index in [4.69, 9.17) is 18.8 Å². The molecule has 51 heavy (non-hydrogen) atoms. The molecule has 0 bridgehead atoms. The normalized spacial score (nSPS) is 13.4. The van der Waals surface area contributed by atoms with Gasteiger partial charge >= 0.3 is 0 Å². The SMILES string of the molecule is C1=CC(c2cc(-c3ccccc3)cc3c2oc2cccc(-c4nc(-n5c6ccccc6c6ccccc65)c5oc6ccccc6c5n4)c23)=CCC1. The monoisotopic (exact) mass is 655 g/mol. The molecule has 5 nitrogen and oxygen atoms in total. The molecule has 0 radical (unpaired) electrons. The lowest BCUT2D eigenvalue weighted by atomic mass is 9.92. The molecule has 0 spiro atoms. The lowest BCUT2D eigenvalue weighted by molar-refractivity contribution is 0.662. The third kappa shape index (κ3) is 4.21. The Labute approximate surface area is 292 Å². The Balaban J connectivity index is 1.26. The van der Waals surface area contributed by atoms with Gasteiger partial charge in [0, 0.05) is 38.1 Å². The molecule has 1 aliphatic carbocycles. The van der Waals surface area contributed by atoms with E-state index in [0.29, 0.717) is 17.2 Å². The quantitative estimate of drug-likeness (QED) is 0.189. The van der Waals surface area contributed by atoms with E-state index < -0.39 is 0 Å². The van der Waals surface area contributed by atoms with E-state index in [2.05, 4.69) is 132 Å². The zero-order valence-corrected chi connectivity index (χ0v) is 27.5. The van der Waals surface area contributed by atoms with Crippen LogP contribution < -0.4 is 0 Å². The predicted octanol–water partition coefficient (Wildman–Crippen LogP) is 12.4. The van der Waals surface area contributed by atoms with E-state index >= 15 is 0 Å². The van der Waals surface area contributed by atoms with Gasteiger partial charge in [0.2, 0.25) is 0 Å². The molecule has 11 rings (SSSR count). The Morgan fingerprint density at radius 3 is 2.02 bits per heavy atom. The van der Waals surface area contributed by atoms with E-state index in [9.17, 15) is 0 Å². The van der Waals surface area contributed by atoms with E-state index in [0.717, 1.165) is 95.3 Å². The molecular formula is C46H29N3O2. The van der Waals surface area contributed by atoms with Gasteiger partial charge in [0.05, 0.1) is 11.0 Å². The molecule has 0 saturated carbocycles. The van der Waals surface area contributed by atoms with Gasteiger partial charge < -0.3 is 8.83 Å². The number of furan rings is 2. The van der Waals surface area contributed by atoms with Gasteiger partial charge in [-0.3, -0.25) is 4.57 Å². The molecule has 0 N–H and O–H groups in total. The average Bonchev–Trinajstić information content (AvgIpc) is 3.88. The van der Waals surface area contributed by atoms with Crippen molar-refractivity contribution in [3.05, 3.63) is 157 Å². The van der Waals surface area contributed by atoms with Crippen LogP contribution in [0.1, 0.15) is 18.4 Å². The molecule has 6 aromatic carbocycles. The summed E-state index contributed by atoms with van der Waals surface area (Å²) in [5, 5.41) is 5.30. The van der Waals surface area contributed by atoms with Crippen molar-refractivity contribution in [2.24, 2.45) is 0 Å². The zero-order valence-electron chi connectivity index (χ0n) is 27.5. The maximum atomic E-state index is 6.80. The Morgan fingerprint density at radius 1 is 0.529 bits per heavy atom. The fourth-order valence-corrected chi connectivity index (χ4v) is 7.94. The van der Waals surface area contributed by atoms with Crippen LogP contribution in [0, 0.1) is 0 Å². The molecule has 4 heterocycles. The van der Waals surface area contributed by atoms with Crippen molar-refractivity contribution >= 4 is 71.4 Å². The highest BCUT2D eigenvalue weighted by atomic mass is 16.3. The predicted molar refractivity (Wildman–Crippen MR) is 208 cm³/mol. The third-order valence-corrected chi connectivity index (χ3v) is 10.2. The number of hydrogen-bond acceptors (Lipinski definition) is 4. The average molecular weight is 656 g/mol. The number of allylic oxidation sites excluding steroid dienone is 4. The second kappa shape index (κ2) is 10.9. The molecule has 4 aromatic heterocycles. The van der Waals surface area contributed by atoms with Gasteiger partial charge in [-0.25, -0.2) is 9.97 Å². The summed E-state index contributed by atoms with van der Waals surface area (Å²) in [6.07, 6.45) is 8.84. The van der Waals surface area contributed by atoms with E-state index in [1.807, 2.05) is 24.3 Å². The lowest BCUT2D eigenvalue weighted by Crippen LogP contribution is -2.02. The van der Waals surface area contributed by atoms with Crippen molar-refractivity contribution in [1.29, 1.82) is 0 Å². The minimum Gasteiger partial charge on any atom is -0.455 e. The van der Waals surface area contributed by atoms with Gasteiger partial charge in [0.25, 0.3) is 0 Å². The molecule has 0 fully saturated rings. The Bertz CT molecular complexity index is 3030. The Kier molecular flexibility index (Phi) is 6.01. The standard InChI is InChI=1S/C46H29N3O2/c1-3-14-28(15-4-1)30-26-35(29-16-5-2-6-17-29)43-36(27-30)41-34(21-13-25-40(41)51-43)45-47-42-33-20-9-12-24-39(33)50-44(42)46(48-45)49-37-22-10-7-18-31(37)32-19-8-11-23-38(32)49/h1,3-5,7-27H,2,6H2. The van der Waals surface area contributed by atoms with Crippen LogP contribution in [0.4, 0.5) is 0 Å². The van der Waals surface area contributed by atoms with Crippen molar-refractivity contribution < 1.29 is 8.83 Å². The second-order valence-corrected chi connectivity index (χ2v) is 13.2. The highest BCUT2D eigenvalue weighted by Crippen LogP contribution is 2.43. The first kappa shape index (κ1) is 28.2. The first-order chi connectivity index (χ1) is 25.3. The van der Waals surface area contributed by atoms with Crippen LogP contribution in [0.3, 0.4) is 0 Å². The molecule has 0 aliphatic heterocycles. The maximum Gasteiger partial charge on any atom is 0.197 e. The van der Waals surface area contributed by atoms with Gasteiger partial charge in [-0.15, -0.1) is 0 Å². The van der Waals surface area contributed by atoms with E-state index in [1.165, 1.54) is 5.57 Å². The van der Waals surface area contributed by atoms with Crippen LogP contribution in [0.5, 0.6) is 0 Å². The van der Waals surface area contributed by atoms with Crippen molar-refractivity contribution in [2.45, 2.75) is 12.8 Å². The third-order valence-electron chi connectivity index (χ3n) is 10.2. The van der Waals surface area contributed by atoms with Gasteiger partial charge in [-0.2, -0.15) is 0 Å². The van der Waals surface area contributed by atoms with Gasteiger partial charge in [0.1, 0.15) is 22.3 Å². The van der Waals surface area contributed by atoms with Gasteiger partial charge in [0.15, 0.2) is 17.2 Å². The molecular weight excluding hydrogens is 627 g/mol. The van der Waals surface area contributed by atoms with Gasteiger partial charge in [-0.1, -0.05) is 109 Å². The van der Waals surface area contributed by atoms with Crippen molar-refractivity contribution in [2.75, 3.05) is 0 Å². The molecule has 0 amide bonds. The zero-order chi connectivity index (χ0) is 33.5. The minimum absolute atomic E-state index is 0.614. The van der Waals surface area contributed by atoms with Crippen LogP contribution in [-0.4, -0.2) is 14.5 Å². The smallest absolute Gasteiger partial charge is 0.197 e. The first-order valence-electron chi connectivity index (χ1n) is 17.4. The topological polar surface area (TPSA) is 57.0 Å². The summed E-state index contributed by atoms with van der Waals surface area (Å²) in [7, 11) is 0. The summed E-state index contributed by atoms with van der Waals surface area (Å²) >= 11 is 0. The molecule has 10 aromatic rings. The summed E-state index contributed by atoms with van der Waals surface area (Å²) in [6.45, 7) is 0. The summed E-state index contributed by atoms with van der Waals surface area (Å²) in [4.78, 5) is 10.7. The molecule has 5 heteroatoms. The largest absolute Gasteiger partial charge is 0.455 e. The molecule has 0 saturated heterocycles. The number of fused-ring (bicyclic) bond motifs is 9. The van der Waals surface area contributed by atoms with Crippen LogP contribution >= 0.6 is 0 Å². The van der Waals surface area contributed by atoms with Gasteiger partial charge in [-0.05, 0) is 72.0 Å². The molecule has 240 valence electrons. The fourth-order valence-electron chi connectivity index (χ4n) is 7.94. The number of nitrogens with zero attached hydrogens (tertiary/aromatic N) is 3. The molecule has 1 aliphatic rings. The Hall–Kier alpha value is -6.72. The number of para-hydroxylation sites is 3. The summed E-state index contributed by atoms with van der Waals surface area (Å²) in [6, 6.07) is 46.4. The highest BCUT2D eigenvalue weighted by Gasteiger charge is 2.24. The lowest BCUT2D eigenvalue weighted by Gasteiger charge is -2.12. The van der Waals surface area contributed by atoms with Crippen molar-refractivity contribution in [3.8, 4) is 28.3 Å². The van der Waals surface area contributed by atoms with Crippen LogP contribution in [0.15, 0.2) is 161 Å². The van der Waals surface area contributed by atoms with E-state index in [1.54, 1.807) is 0 Å². The van der Waals surface area contributed by atoms with Crippen molar-refractivity contribution in [3.63, 3.8) is 0 Å². The molecule has 0 unspecified atom stereocenters. The number of hydrogen-bond donors (Lipinski definition) is 0. The number of rotatable bonds is 4. The van der Waals surface area contributed by atoms with E-state index in [-0.39, 0.29) is 0 Å². The van der Waals surface area contributed by atoms with Crippen LogP contribution in [-0.2, 0) is 0 Å². The van der Waals surface area contributed by atoms with Crippen LogP contribution in [0.2, 0.25) is 0 Å². The Morgan fingerprint density at radius 2 is 1.24 bits per heavy atom. The number of aromatic nitrogens is 3. The molecule has 0 atom stereocenters. The van der Waals surface area contributed by atoms with Crippen LogP contribution in [0.25, 0.3) is 99.7 Å². The fraction of sp³-hybridized carbons (Fsp3) is 0.0435. The maximum absolute atomic E-state index is 6.80. The number of benzene rings is 6. The summed E-state index contributed by atoms with van der Waals surface area (Å²) < 4.78 is 15.6. The second-order valence-electron chi connectivity index (χ2n) is 13.2.